The second-order valence-corrected chi connectivity index (χ2v) is 4.71. The third kappa shape index (κ3) is 1.64. The number of nitrogen functional groups attached to an aromatic ring is 1. The van der Waals surface area contributed by atoms with Gasteiger partial charge in [-0.3, -0.25) is 0 Å². The molecule has 2 N–H and O–H groups in total. The van der Waals surface area contributed by atoms with Crippen LogP contribution in [0.2, 0.25) is 0 Å². The smallest absolute Gasteiger partial charge is 0.127 e. The summed E-state index contributed by atoms with van der Waals surface area (Å²) in [5.74, 6) is 1.08. The number of benzene rings is 1. The van der Waals surface area contributed by atoms with Crippen molar-refractivity contribution < 1.29 is 0 Å². The maximum atomic E-state index is 6.00. The molecule has 2 rings (SSSR count). The third-order valence-corrected chi connectivity index (χ3v) is 3.09. The standard InChI is InChI=1S/C14H18N2/c1-8(2)11-7-12-9(3)5-6-10(4)13(12)16-14(11)15/h5-8H,1-4H3,(H2,15,16). The quantitative estimate of drug-likeness (QED) is 0.788. The summed E-state index contributed by atoms with van der Waals surface area (Å²) >= 11 is 0. The molecule has 0 fully saturated rings. The molecule has 0 saturated heterocycles. The van der Waals surface area contributed by atoms with Gasteiger partial charge in [0.2, 0.25) is 0 Å². The molecule has 0 saturated carbocycles. The fourth-order valence-electron chi connectivity index (χ4n) is 2.03. The number of hydrogen-bond donors (Lipinski definition) is 1. The van der Waals surface area contributed by atoms with Crippen LogP contribution in [0, 0.1) is 13.8 Å². The summed E-state index contributed by atoms with van der Waals surface area (Å²) in [4.78, 5) is 4.54. The first-order valence-electron chi connectivity index (χ1n) is 5.67. The lowest BCUT2D eigenvalue weighted by Gasteiger charge is -2.12. The Balaban J connectivity index is 2.84. The lowest BCUT2D eigenvalue weighted by Crippen LogP contribution is -2.01. The summed E-state index contributed by atoms with van der Waals surface area (Å²) in [6.45, 7) is 8.47. The number of anilines is 1. The molecule has 0 aliphatic heterocycles. The van der Waals surface area contributed by atoms with Crippen LogP contribution in [0.25, 0.3) is 10.9 Å². The van der Waals surface area contributed by atoms with E-state index in [1.807, 2.05) is 0 Å². The zero-order chi connectivity index (χ0) is 11.9. The topological polar surface area (TPSA) is 38.9 Å². The van der Waals surface area contributed by atoms with Crippen LogP contribution in [0.3, 0.4) is 0 Å². The van der Waals surface area contributed by atoms with E-state index in [0.717, 1.165) is 11.1 Å². The minimum Gasteiger partial charge on any atom is -0.383 e. The van der Waals surface area contributed by atoms with E-state index in [2.05, 4.69) is 50.9 Å². The van der Waals surface area contributed by atoms with E-state index in [4.69, 9.17) is 5.73 Å². The van der Waals surface area contributed by atoms with Gasteiger partial charge in [-0.2, -0.15) is 0 Å². The second kappa shape index (κ2) is 3.78. The number of pyridine rings is 1. The van der Waals surface area contributed by atoms with Gasteiger partial charge in [0.25, 0.3) is 0 Å². The Morgan fingerprint density at radius 1 is 1.12 bits per heavy atom. The van der Waals surface area contributed by atoms with Gasteiger partial charge in [0.1, 0.15) is 5.82 Å². The molecule has 0 amide bonds. The minimum atomic E-state index is 0.414. The molecule has 0 radical (unpaired) electrons. The fraction of sp³-hybridized carbons (Fsp3) is 0.357. The Morgan fingerprint density at radius 3 is 2.38 bits per heavy atom. The number of rotatable bonds is 1. The summed E-state index contributed by atoms with van der Waals surface area (Å²) in [7, 11) is 0. The highest BCUT2D eigenvalue weighted by molar-refractivity contribution is 5.87. The van der Waals surface area contributed by atoms with Gasteiger partial charge < -0.3 is 5.73 Å². The molecule has 84 valence electrons. The van der Waals surface area contributed by atoms with Gasteiger partial charge in [0, 0.05) is 5.39 Å². The van der Waals surface area contributed by atoms with E-state index < -0.39 is 0 Å². The molecule has 1 aromatic heterocycles. The lowest BCUT2D eigenvalue weighted by atomic mass is 9.98. The van der Waals surface area contributed by atoms with Gasteiger partial charge in [0.15, 0.2) is 0 Å². The monoisotopic (exact) mass is 214 g/mol. The van der Waals surface area contributed by atoms with Gasteiger partial charge in [-0.1, -0.05) is 26.0 Å². The SMILES string of the molecule is Cc1ccc(C)c2nc(N)c(C(C)C)cc12. The summed E-state index contributed by atoms with van der Waals surface area (Å²) in [6.07, 6.45) is 0. The van der Waals surface area contributed by atoms with E-state index in [-0.39, 0.29) is 0 Å². The van der Waals surface area contributed by atoms with Crippen molar-refractivity contribution in [3.05, 3.63) is 34.9 Å². The first-order chi connectivity index (χ1) is 7.50. The normalized spacial score (nSPS) is 11.3. The van der Waals surface area contributed by atoms with Gasteiger partial charge in [-0.25, -0.2) is 4.98 Å². The van der Waals surface area contributed by atoms with E-state index in [1.54, 1.807) is 0 Å². The Hall–Kier alpha value is -1.57. The number of fused-ring (bicyclic) bond motifs is 1. The van der Waals surface area contributed by atoms with E-state index in [1.165, 1.54) is 16.5 Å². The number of nitrogens with two attached hydrogens (primary N) is 1. The molecule has 0 spiro atoms. The predicted molar refractivity (Wildman–Crippen MR) is 69.7 cm³/mol. The van der Waals surface area contributed by atoms with E-state index >= 15 is 0 Å². The zero-order valence-electron chi connectivity index (χ0n) is 10.3. The number of aryl methyl sites for hydroxylation is 2. The number of aromatic nitrogens is 1. The molecule has 0 atom stereocenters. The Kier molecular flexibility index (Phi) is 2.58. The van der Waals surface area contributed by atoms with Crippen LogP contribution in [-0.4, -0.2) is 4.98 Å². The maximum absolute atomic E-state index is 6.00. The molecule has 16 heavy (non-hydrogen) atoms. The lowest BCUT2D eigenvalue weighted by molar-refractivity contribution is 0.866. The highest BCUT2D eigenvalue weighted by atomic mass is 14.8. The molecule has 0 unspecified atom stereocenters. The van der Waals surface area contributed by atoms with Crippen molar-refractivity contribution >= 4 is 16.7 Å². The average Bonchev–Trinajstić information content (AvgIpc) is 2.23. The van der Waals surface area contributed by atoms with Crippen molar-refractivity contribution in [2.45, 2.75) is 33.6 Å². The van der Waals surface area contributed by atoms with E-state index in [9.17, 15) is 0 Å². The molecule has 1 aromatic carbocycles. The molecule has 0 aliphatic rings. The van der Waals surface area contributed by atoms with Gasteiger partial charge >= 0.3 is 0 Å². The summed E-state index contributed by atoms with van der Waals surface area (Å²) in [5.41, 5.74) is 10.6. The van der Waals surface area contributed by atoms with Crippen molar-refractivity contribution in [1.82, 2.24) is 4.98 Å². The van der Waals surface area contributed by atoms with Crippen molar-refractivity contribution in [1.29, 1.82) is 0 Å². The minimum absolute atomic E-state index is 0.414. The first kappa shape index (κ1) is 10.9. The zero-order valence-corrected chi connectivity index (χ0v) is 10.3. The van der Waals surface area contributed by atoms with Crippen LogP contribution in [0.15, 0.2) is 18.2 Å². The largest absolute Gasteiger partial charge is 0.383 e. The van der Waals surface area contributed by atoms with Crippen LogP contribution in [0.5, 0.6) is 0 Å². The van der Waals surface area contributed by atoms with Crippen LogP contribution < -0.4 is 5.73 Å². The van der Waals surface area contributed by atoms with Crippen molar-refractivity contribution in [3.8, 4) is 0 Å². The first-order valence-corrected chi connectivity index (χ1v) is 5.67. The van der Waals surface area contributed by atoms with Gasteiger partial charge in [0.05, 0.1) is 5.52 Å². The molecule has 2 aromatic rings. The van der Waals surface area contributed by atoms with Gasteiger partial charge in [-0.15, -0.1) is 0 Å². The maximum Gasteiger partial charge on any atom is 0.127 e. The van der Waals surface area contributed by atoms with Gasteiger partial charge in [-0.05, 0) is 42.5 Å². The molecule has 2 nitrogen and oxygen atoms in total. The third-order valence-electron chi connectivity index (χ3n) is 3.09. The summed E-state index contributed by atoms with van der Waals surface area (Å²) in [5, 5.41) is 1.22. The van der Waals surface area contributed by atoms with E-state index in [0.29, 0.717) is 11.7 Å². The van der Waals surface area contributed by atoms with Crippen molar-refractivity contribution in [3.63, 3.8) is 0 Å². The highest BCUT2D eigenvalue weighted by Crippen LogP contribution is 2.28. The fourth-order valence-corrected chi connectivity index (χ4v) is 2.03. The van der Waals surface area contributed by atoms with Crippen molar-refractivity contribution in [2.24, 2.45) is 0 Å². The molecular formula is C14H18N2. The second-order valence-electron chi connectivity index (χ2n) is 4.71. The van der Waals surface area contributed by atoms with Crippen LogP contribution in [0.4, 0.5) is 5.82 Å². The molecule has 0 aliphatic carbocycles. The Bertz CT molecular complexity index is 542. The molecule has 0 bridgehead atoms. The van der Waals surface area contributed by atoms with Crippen LogP contribution in [-0.2, 0) is 0 Å². The molecule has 2 heteroatoms. The number of hydrogen-bond acceptors (Lipinski definition) is 2. The Labute approximate surface area is 96.5 Å². The average molecular weight is 214 g/mol. The Morgan fingerprint density at radius 2 is 1.75 bits per heavy atom. The van der Waals surface area contributed by atoms with Crippen molar-refractivity contribution in [2.75, 3.05) is 5.73 Å². The summed E-state index contributed by atoms with van der Waals surface area (Å²) < 4.78 is 0. The molecular weight excluding hydrogens is 196 g/mol. The van der Waals surface area contributed by atoms with Crippen LogP contribution >= 0.6 is 0 Å². The van der Waals surface area contributed by atoms with Crippen LogP contribution in [0.1, 0.15) is 36.5 Å². The highest BCUT2D eigenvalue weighted by Gasteiger charge is 2.10. The predicted octanol–water partition coefficient (Wildman–Crippen LogP) is 3.56. The molecule has 1 heterocycles. The number of nitrogens with zero attached hydrogens (tertiary/aromatic N) is 1. The summed E-state index contributed by atoms with van der Waals surface area (Å²) in [6, 6.07) is 6.42.